The van der Waals surface area contributed by atoms with Crippen LogP contribution in [0, 0.1) is 6.92 Å². The molecule has 3 rings (SSSR count). The lowest BCUT2D eigenvalue weighted by Gasteiger charge is -2.24. The van der Waals surface area contributed by atoms with E-state index in [1.807, 2.05) is 6.92 Å². The first-order valence-electron chi connectivity index (χ1n) is 8.41. The SMILES string of the molecule is Cc1ccc(C(=O)NCc2nncn2C2CCCCC2)c(=O)n1C. The monoisotopic (exact) mass is 329 g/mol. The Kier molecular flexibility index (Phi) is 4.78. The number of carbonyl (C=O) groups is 1. The van der Waals surface area contributed by atoms with E-state index in [9.17, 15) is 9.59 Å². The second-order valence-electron chi connectivity index (χ2n) is 6.38. The van der Waals surface area contributed by atoms with Crippen molar-refractivity contribution in [3.8, 4) is 0 Å². The Balaban J connectivity index is 1.70. The molecule has 0 saturated heterocycles. The van der Waals surface area contributed by atoms with Crippen LogP contribution in [0.1, 0.15) is 60.0 Å². The van der Waals surface area contributed by atoms with Crippen LogP contribution in [0.15, 0.2) is 23.3 Å². The highest BCUT2D eigenvalue weighted by atomic mass is 16.2. The van der Waals surface area contributed by atoms with E-state index in [1.165, 1.54) is 23.8 Å². The second kappa shape index (κ2) is 6.98. The smallest absolute Gasteiger partial charge is 0.263 e. The molecule has 2 aromatic rings. The van der Waals surface area contributed by atoms with Gasteiger partial charge in [0.25, 0.3) is 11.5 Å². The standard InChI is InChI=1S/C17H23N5O2/c1-12-8-9-14(17(24)21(12)2)16(23)18-10-15-20-19-11-22(15)13-6-4-3-5-7-13/h8-9,11,13H,3-7,10H2,1-2H3,(H,18,23). The van der Waals surface area contributed by atoms with Gasteiger partial charge in [0.05, 0.1) is 6.54 Å². The lowest BCUT2D eigenvalue weighted by Crippen LogP contribution is -2.33. The van der Waals surface area contributed by atoms with Gasteiger partial charge >= 0.3 is 0 Å². The van der Waals surface area contributed by atoms with Gasteiger partial charge in [0.2, 0.25) is 0 Å². The zero-order chi connectivity index (χ0) is 17.1. The van der Waals surface area contributed by atoms with Crippen LogP contribution in [0.5, 0.6) is 0 Å². The van der Waals surface area contributed by atoms with Crippen molar-refractivity contribution >= 4 is 5.91 Å². The highest BCUT2D eigenvalue weighted by Crippen LogP contribution is 2.28. The van der Waals surface area contributed by atoms with Crippen LogP contribution in [0.3, 0.4) is 0 Å². The molecule has 0 radical (unpaired) electrons. The van der Waals surface area contributed by atoms with Gasteiger partial charge in [-0.1, -0.05) is 19.3 Å². The maximum Gasteiger partial charge on any atom is 0.263 e. The number of hydrogen-bond acceptors (Lipinski definition) is 4. The minimum atomic E-state index is -0.381. The van der Waals surface area contributed by atoms with Gasteiger partial charge in [0, 0.05) is 18.8 Å². The molecule has 7 heteroatoms. The summed E-state index contributed by atoms with van der Waals surface area (Å²) in [6, 6.07) is 3.74. The van der Waals surface area contributed by atoms with E-state index in [0.717, 1.165) is 24.4 Å². The van der Waals surface area contributed by atoms with E-state index in [2.05, 4.69) is 20.1 Å². The summed E-state index contributed by atoms with van der Waals surface area (Å²) in [7, 11) is 1.66. The number of hydrogen-bond donors (Lipinski definition) is 1. The summed E-state index contributed by atoms with van der Waals surface area (Å²) < 4.78 is 3.53. The third-order valence-corrected chi connectivity index (χ3v) is 4.82. The minimum absolute atomic E-state index is 0.145. The zero-order valence-corrected chi connectivity index (χ0v) is 14.2. The van der Waals surface area contributed by atoms with E-state index in [1.54, 1.807) is 25.5 Å². The Labute approximate surface area is 140 Å². The van der Waals surface area contributed by atoms with Gasteiger partial charge < -0.3 is 14.5 Å². The second-order valence-corrected chi connectivity index (χ2v) is 6.38. The molecule has 128 valence electrons. The average Bonchev–Trinajstić information content (AvgIpc) is 3.07. The number of nitrogens with one attached hydrogen (secondary N) is 1. The molecular weight excluding hydrogens is 306 g/mol. The van der Waals surface area contributed by atoms with Crippen LogP contribution in [-0.4, -0.2) is 25.2 Å². The van der Waals surface area contributed by atoms with Crippen LogP contribution in [0.25, 0.3) is 0 Å². The van der Waals surface area contributed by atoms with E-state index in [0.29, 0.717) is 6.04 Å². The molecular formula is C17H23N5O2. The molecule has 1 N–H and O–H groups in total. The predicted octanol–water partition coefficient (Wildman–Crippen LogP) is 1.72. The molecule has 1 amide bonds. The quantitative estimate of drug-likeness (QED) is 0.926. The third-order valence-electron chi connectivity index (χ3n) is 4.82. The van der Waals surface area contributed by atoms with Crippen molar-refractivity contribution in [1.29, 1.82) is 0 Å². The summed E-state index contributed by atoms with van der Waals surface area (Å²) in [6.45, 7) is 2.10. The lowest BCUT2D eigenvalue weighted by molar-refractivity contribution is 0.0947. The fourth-order valence-corrected chi connectivity index (χ4v) is 3.21. The normalized spacial score (nSPS) is 15.4. The first-order chi connectivity index (χ1) is 11.6. The first-order valence-corrected chi connectivity index (χ1v) is 8.41. The molecule has 24 heavy (non-hydrogen) atoms. The fraction of sp³-hybridized carbons (Fsp3) is 0.529. The van der Waals surface area contributed by atoms with Gasteiger partial charge in [-0.3, -0.25) is 9.59 Å². The van der Waals surface area contributed by atoms with Crippen LogP contribution in [0.2, 0.25) is 0 Å². The minimum Gasteiger partial charge on any atom is -0.345 e. The number of aryl methyl sites for hydroxylation is 1. The molecule has 0 aliphatic heterocycles. The summed E-state index contributed by atoms with van der Waals surface area (Å²) >= 11 is 0. The Hall–Kier alpha value is -2.44. The van der Waals surface area contributed by atoms with Gasteiger partial charge in [-0.05, 0) is 31.9 Å². The van der Waals surface area contributed by atoms with Crippen LogP contribution in [0.4, 0.5) is 0 Å². The molecule has 1 fully saturated rings. The number of nitrogens with zero attached hydrogens (tertiary/aromatic N) is 4. The van der Waals surface area contributed by atoms with E-state index < -0.39 is 0 Å². The highest BCUT2D eigenvalue weighted by molar-refractivity contribution is 5.93. The fourth-order valence-electron chi connectivity index (χ4n) is 3.21. The van der Waals surface area contributed by atoms with Crippen molar-refractivity contribution in [1.82, 2.24) is 24.6 Å². The van der Waals surface area contributed by atoms with Gasteiger partial charge in [-0.25, -0.2) is 0 Å². The topological polar surface area (TPSA) is 81.8 Å². The van der Waals surface area contributed by atoms with Crippen molar-refractivity contribution in [2.24, 2.45) is 7.05 Å². The number of rotatable bonds is 4. The third kappa shape index (κ3) is 3.25. The van der Waals surface area contributed by atoms with Crippen LogP contribution >= 0.6 is 0 Å². The number of pyridine rings is 1. The molecule has 0 atom stereocenters. The number of aromatic nitrogens is 4. The highest BCUT2D eigenvalue weighted by Gasteiger charge is 2.19. The molecule has 2 heterocycles. The molecule has 1 aliphatic rings. The predicted molar refractivity (Wildman–Crippen MR) is 89.7 cm³/mol. The largest absolute Gasteiger partial charge is 0.345 e. The molecule has 1 aliphatic carbocycles. The van der Waals surface area contributed by atoms with Gasteiger partial charge in [0.15, 0.2) is 5.82 Å². The summed E-state index contributed by atoms with van der Waals surface area (Å²) in [5.74, 6) is 0.355. The lowest BCUT2D eigenvalue weighted by atomic mass is 9.95. The maximum atomic E-state index is 12.3. The van der Waals surface area contributed by atoms with Crippen LogP contribution < -0.4 is 10.9 Å². The average molecular weight is 329 g/mol. The first kappa shape index (κ1) is 16.4. The van der Waals surface area contributed by atoms with E-state index >= 15 is 0 Å². The Bertz CT molecular complexity index is 787. The molecule has 0 spiro atoms. The molecule has 0 aromatic carbocycles. The zero-order valence-electron chi connectivity index (χ0n) is 14.2. The van der Waals surface area contributed by atoms with E-state index in [-0.39, 0.29) is 23.6 Å². The maximum absolute atomic E-state index is 12.3. The summed E-state index contributed by atoms with van der Waals surface area (Å²) in [5, 5.41) is 10.9. The molecule has 2 aromatic heterocycles. The number of carbonyl (C=O) groups excluding carboxylic acids is 1. The van der Waals surface area contributed by atoms with Crippen molar-refractivity contribution in [2.75, 3.05) is 0 Å². The summed E-state index contributed by atoms with van der Waals surface area (Å²) in [4.78, 5) is 24.5. The Morgan fingerprint density at radius 2 is 2.04 bits per heavy atom. The van der Waals surface area contributed by atoms with Gasteiger partial charge in [0.1, 0.15) is 11.9 Å². The van der Waals surface area contributed by atoms with Crippen molar-refractivity contribution in [3.05, 3.63) is 45.9 Å². The summed E-state index contributed by atoms with van der Waals surface area (Å²) in [5.41, 5.74) is 0.668. The molecule has 0 unspecified atom stereocenters. The number of amides is 1. The van der Waals surface area contributed by atoms with E-state index in [4.69, 9.17) is 0 Å². The summed E-state index contributed by atoms with van der Waals surface area (Å²) in [6.07, 6.45) is 7.70. The Morgan fingerprint density at radius 1 is 1.29 bits per heavy atom. The molecule has 7 nitrogen and oxygen atoms in total. The Morgan fingerprint density at radius 3 is 2.79 bits per heavy atom. The van der Waals surface area contributed by atoms with Gasteiger partial charge in [-0.15, -0.1) is 10.2 Å². The van der Waals surface area contributed by atoms with Crippen molar-refractivity contribution in [3.63, 3.8) is 0 Å². The van der Waals surface area contributed by atoms with Crippen molar-refractivity contribution in [2.45, 2.75) is 51.6 Å². The van der Waals surface area contributed by atoms with Gasteiger partial charge in [-0.2, -0.15) is 0 Å². The molecule has 1 saturated carbocycles. The van der Waals surface area contributed by atoms with Crippen LogP contribution in [-0.2, 0) is 13.6 Å². The molecule has 0 bridgehead atoms. The van der Waals surface area contributed by atoms with Crippen molar-refractivity contribution < 1.29 is 4.79 Å².